The molecule has 0 aliphatic heterocycles. The quantitative estimate of drug-likeness (QED) is 0.821. The maximum absolute atomic E-state index is 5.77. The highest BCUT2D eigenvalue weighted by molar-refractivity contribution is 5.54. The molecule has 1 heterocycles. The van der Waals surface area contributed by atoms with E-state index >= 15 is 0 Å². The molecule has 0 aliphatic carbocycles. The number of nitrogen functional groups attached to an aromatic ring is 1. The fourth-order valence-corrected chi connectivity index (χ4v) is 1.05. The van der Waals surface area contributed by atoms with Gasteiger partial charge in [-0.15, -0.1) is 0 Å². The zero-order valence-electron chi connectivity index (χ0n) is 9.82. The van der Waals surface area contributed by atoms with Crippen LogP contribution in [0.3, 0.4) is 0 Å². The molecule has 0 atom stereocenters. The van der Waals surface area contributed by atoms with Crippen molar-refractivity contribution >= 4 is 11.5 Å². The normalized spacial score (nSPS) is 10.5. The highest BCUT2D eigenvalue weighted by Gasteiger charge is 2.06. The Morgan fingerprint density at radius 2 is 2.07 bits per heavy atom. The van der Waals surface area contributed by atoms with E-state index in [0.717, 1.165) is 5.82 Å². The Morgan fingerprint density at radius 1 is 1.40 bits per heavy atom. The molecule has 0 spiro atoms. The van der Waals surface area contributed by atoms with Crippen molar-refractivity contribution in [3.05, 3.63) is 12.1 Å². The number of rotatable bonds is 4. The van der Waals surface area contributed by atoms with Gasteiger partial charge in [-0.2, -0.15) is 4.98 Å². The lowest BCUT2D eigenvalue weighted by molar-refractivity contribution is 0.263. The van der Waals surface area contributed by atoms with Gasteiger partial charge in [0.1, 0.15) is 5.82 Å². The van der Waals surface area contributed by atoms with Crippen LogP contribution in [0.2, 0.25) is 0 Å². The Balaban J connectivity index is 2.81. The van der Waals surface area contributed by atoms with Gasteiger partial charge >= 0.3 is 0 Å². The van der Waals surface area contributed by atoms with Crippen LogP contribution in [-0.4, -0.2) is 25.7 Å². The molecule has 4 nitrogen and oxygen atoms in total. The fourth-order valence-electron chi connectivity index (χ4n) is 1.05. The number of nitrogens with zero attached hydrogens (tertiary/aromatic N) is 2. The smallest absolute Gasteiger partial charge is 0.239 e. The van der Waals surface area contributed by atoms with Crippen molar-refractivity contribution in [3.63, 3.8) is 0 Å². The molecule has 0 bridgehead atoms. The van der Waals surface area contributed by atoms with E-state index in [9.17, 15) is 0 Å². The number of anilines is 2. The van der Waals surface area contributed by atoms with Crippen molar-refractivity contribution in [1.29, 1.82) is 0 Å². The molecule has 15 heavy (non-hydrogen) atoms. The third-order valence-electron chi connectivity index (χ3n) is 1.89. The standard InChI is InChI=1S/C11H19N3O/c1-8(2)7-15-11-9(12)5-6-10(13-11)14(3)4/h5-6,8H,7,12H2,1-4H3. The minimum atomic E-state index is 0.467. The zero-order chi connectivity index (χ0) is 11.4. The molecule has 2 N–H and O–H groups in total. The minimum absolute atomic E-state index is 0.467. The summed E-state index contributed by atoms with van der Waals surface area (Å²) in [6.45, 7) is 4.81. The molecular formula is C11H19N3O. The zero-order valence-corrected chi connectivity index (χ0v) is 9.82. The van der Waals surface area contributed by atoms with Gasteiger partial charge in [-0.1, -0.05) is 13.8 Å². The molecule has 84 valence electrons. The Hall–Kier alpha value is -1.45. The first-order valence-corrected chi connectivity index (χ1v) is 5.07. The summed E-state index contributed by atoms with van der Waals surface area (Å²) in [5.41, 5.74) is 6.35. The van der Waals surface area contributed by atoms with Gasteiger partial charge in [-0.05, 0) is 18.1 Å². The summed E-state index contributed by atoms with van der Waals surface area (Å²) in [6.07, 6.45) is 0. The third kappa shape index (κ3) is 3.31. The SMILES string of the molecule is CC(C)COc1nc(N(C)C)ccc1N. The van der Waals surface area contributed by atoms with Crippen LogP contribution in [0.4, 0.5) is 11.5 Å². The van der Waals surface area contributed by atoms with E-state index in [2.05, 4.69) is 18.8 Å². The molecule has 0 radical (unpaired) electrons. The van der Waals surface area contributed by atoms with Gasteiger partial charge in [0.2, 0.25) is 5.88 Å². The second-order valence-corrected chi connectivity index (χ2v) is 4.16. The molecular weight excluding hydrogens is 190 g/mol. The Morgan fingerprint density at radius 3 is 2.60 bits per heavy atom. The maximum Gasteiger partial charge on any atom is 0.239 e. The fraction of sp³-hybridized carbons (Fsp3) is 0.545. The second-order valence-electron chi connectivity index (χ2n) is 4.16. The molecule has 0 amide bonds. The van der Waals surface area contributed by atoms with E-state index in [1.165, 1.54) is 0 Å². The van der Waals surface area contributed by atoms with Crippen molar-refractivity contribution < 1.29 is 4.74 Å². The molecule has 1 rings (SSSR count). The predicted molar refractivity (Wildman–Crippen MR) is 63.3 cm³/mol. The summed E-state index contributed by atoms with van der Waals surface area (Å²) >= 11 is 0. The van der Waals surface area contributed by atoms with Gasteiger partial charge < -0.3 is 15.4 Å². The molecule has 1 aromatic rings. The minimum Gasteiger partial charge on any atom is -0.476 e. The summed E-state index contributed by atoms with van der Waals surface area (Å²) in [7, 11) is 3.87. The van der Waals surface area contributed by atoms with Crippen LogP contribution in [0.25, 0.3) is 0 Å². The van der Waals surface area contributed by atoms with Gasteiger partial charge in [0.05, 0.1) is 12.3 Å². The lowest BCUT2D eigenvalue weighted by Crippen LogP contribution is -2.13. The van der Waals surface area contributed by atoms with Crippen LogP contribution in [0.15, 0.2) is 12.1 Å². The van der Waals surface area contributed by atoms with Crippen molar-refractivity contribution in [2.24, 2.45) is 5.92 Å². The van der Waals surface area contributed by atoms with Gasteiger partial charge in [0, 0.05) is 14.1 Å². The highest BCUT2D eigenvalue weighted by atomic mass is 16.5. The van der Waals surface area contributed by atoms with Crippen LogP contribution >= 0.6 is 0 Å². The third-order valence-corrected chi connectivity index (χ3v) is 1.89. The van der Waals surface area contributed by atoms with E-state index in [0.29, 0.717) is 24.1 Å². The molecule has 1 aromatic heterocycles. The monoisotopic (exact) mass is 209 g/mol. The van der Waals surface area contributed by atoms with Crippen molar-refractivity contribution in [2.45, 2.75) is 13.8 Å². The van der Waals surface area contributed by atoms with Gasteiger partial charge in [-0.25, -0.2) is 0 Å². The number of nitrogens with two attached hydrogens (primary N) is 1. The van der Waals surface area contributed by atoms with E-state index in [1.54, 1.807) is 0 Å². The second kappa shape index (κ2) is 4.87. The summed E-state index contributed by atoms with van der Waals surface area (Å²) in [4.78, 5) is 6.24. The first kappa shape index (κ1) is 11.6. The van der Waals surface area contributed by atoms with Crippen molar-refractivity contribution in [3.8, 4) is 5.88 Å². The summed E-state index contributed by atoms with van der Waals surface area (Å²) in [5, 5.41) is 0. The average Bonchev–Trinajstić information content (AvgIpc) is 2.16. The molecule has 0 saturated heterocycles. The number of aromatic nitrogens is 1. The first-order valence-electron chi connectivity index (χ1n) is 5.07. The summed E-state index contributed by atoms with van der Waals surface area (Å²) in [5.74, 6) is 1.84. The van der Waals surface area contributed by atoms with E-state index in [4.69, 9.17) is 10.5 Å². The first-order chi connectivity index (χ1) is 7.00. The van der Waals surface area contributed by atoms with Gasteiger partial charge in [0.25, 0.3) is 0 Å². The topological polar surface area (TPSA) is 51.4 Å². The van der Waals surface area contributed by atoms with Crippen molar-refractivity contribution in [2.75, 3.05) is 31.3 Å². The van der Waals surface area contributed by atoms with E-state index < -0.39 is 0 Å². The Kier molecular flexibility index (Phi) is 3.77. The molecule has 0 aromatic carbocycles. The van der Waals surface area contributed by atoms with E-state index in [-0.39, 0.29) is 0 Å². The van der Waals surface area contributed by atoms with Crippen LogP contribution < -0.4 is 15.4 Å². The lowest BCUT2D eigenvalue weighted by atomic mass is 10.2. The number of ether oxygens (including phenoxy) is 1. The van der Waals surface area contributed by atoms with Gasteiger partial charge in [0.15, 0.2) is 0 Å². The summed E-state index contributed by atoms with van der Waals surface area (Å²) in [6, 6.07) is 3.69. The van der Waals surface area contributed by atoms with E-state index in [1.807, 2.05) is 31.1 Å². The molecule has 0 aliphatic rings. The molecule has 0 fully saturated rings. The number of hydrogen-bond acceptors (Lipinski definition) is 4. The van der Waals surface area contributed by atoms with Crippen LogP contribution in [0, 0.1) is 5.92 Å². The Labute approximate surface area is 91.1 Å². The lowest BCUT2D eigenvalue weighted by Gasteiger charge is -2.15. The molecule has 4 heteroatoms. The molecule has 0 saturated carbocycles. The number of pyridine rings is 1. The van der Waals surface area contributed by atoms with Crippen LogP contribution in [0.1, 0.15) is 13.8 Å². The highest BCUT2D eigenvalue weighted by Crippen LogP contribution is 2.22. The van der Waals surface area contributed by atoms with Crippen molar-refractivity contribution in [1.82, 2.24) is 4.98 Å². The van der Waals surface area contributed by atoms with Crippen LogP contribution in [0.5, 0.6) is 5.88 Å². The molecule has 0 unspecified atom stereocenters. The van der Waals surface area contributed by atoms with Gasteiger partial charge in [-0.3, -0.25) is 0 Å². The predicted octanol–water partition coefficient (Wildman–Crippen LogP) is 1.76. The number of hydrogen-bond donors (Lipinski definition) is 1. The summed E-state index contributed by atoms with van der Waals surface area (Å²) < 4.78 is 5.53. The van der Waals surface area contributed by atoms with Crippen LogP contribution in [-0.2, 0) is 0 Å². The Bertz CT molecular complexity index is 324. The maximum atomic E-state index is 5.77. The average molecular weight is 209 g/mol. The largest absolute Gasteiger partial charge is 0.476 e.